The average Bonchev–Trinajstić information content (AvgIpc) is 3.43. The Morgan fingerprint density at radius 3 is 2.02 bits per heavy atom. The van der Waals surface area contributed by atoms with Crippen molar-refractivity contribution < 1.29 is 18.0 Å². The van der Waals surface area contributed by atoms with Crippen LogP contribution in [-0.4, -0.2) is 120 Å². The van der Waals surface area contributed by atoms with Crippen LogP contribution in [-0.2, 0) is 10.2 Å². The van der Waals surface area contributed by atoms with E-state index in [1.165, 1.54) is 4.31 Å². The van der Waals surface area contributed by atoms with Crippen molar-refractivity contribution in [3.8, 4) is 5.69 Å². The Hall–Kier alpha value is -2.96. The van der Waals surface area contributed by atoms with E-state index in [1.807, 2.05) is 51.9 Å². The minimum absolute atomic E-state index is 0.00951. The highest BCUT2D eigenvalue weighted by atomic mass is 35.5. The lowest BCUT2D eigenvalue weighted by Gasteiger charge is -2.37. The van der Waals surface area contributed by atoms with E-state index in [4.69, 9.17) is 11.6 Å². The summed E-state index contributed by atoms with van der Waals surface area (Å²) in [6, 6.07) is 15.2. The van der Waals surface area contributed by atoms with E-state index in [0.29, 0.717) is 61.6 Å². The van der Waals surface area contributed by atoms with Crippen molar-refractivity contribution in [2.75, 3.05) is 65.4 Å². The third-order valence-electron chi connectivity index (χ3n) is 9.16. The molecule has 12 heteroatoms. The molecule has 0 radical (unpaired) electrons. The quantitative estimate of drug-likeness (QED) is 0.407. The topological polar surface area (TPSA) is 89.4 Å². The number of aromatic nitrogens is 1. The SMILES string of the molecule is CC(C)N1CCN(C(=O)c2ccc3c(c2)cc(C(=O)N2CCN(S(=O)(=O)N4CCCCC4)CC2)n3-c2cccc(Cl)c2)CC1. The zero-order valence-corrected chi connectivity index (χ0v) is 27.1. The van der Waals surface area contributed by atoms with Crippen molar-refractivity contribution in [2.24, 2.45) is 0 Å². The van der Waals surface area contributed by atoms with Crippen LogP contribution < -0.4 is 0 Å². The summed E-state index contributed by atoms with van der Waals surface area (Å²) >= 11 is 6.37. The van der Waals surface area contributed by atoms with Gasteiger partial charge in [-0.3, -0.25) is 14.5 Å². The molecule has 1 aromatic heterocycles. The number of carbonyl (C=O) groups excluding carboxylic acids is 2. The molecule has 3 aliphatic rings. The van der Waals surface area contributed by atoms with Crippen LogP contribution in [0.2, 0.25) is 5.02 Å². The number of benzene rings is 2. The van der Waals surface area contributed by atoms with Gasteiger partial charge in [0.05, 0.1) is 5.52 Å². The minimum Gasteiger partial charge on any atom is -0.336 e. The number of fused-ring (bicyclic) bond motifs is 1. The molecule has 6 rings (SSSR count). The highest BCUT2D eigenvalue weighted by Crippen LogP contribution is 2.29. The van der Waals surface area contributed by atoms with E-state index in [2.05, 4.69) is 18.7 Å². The standard InChI is InChI=1S/C32H41ClN6O4S/c1-24(2)34-13-15-35(16-14-34)31(40)25-9-10-29-26(21-25)22-30(39(29)28-8-6-7-27(33)23-28)32(41)36-17-19-38(20-18-36)44(42,43)37-11-4-3-5-12-37/h6-10,21-24H,3-5,11-20H2,1-2H3. The van der Waals surface area contributed by atoms with Crippen molar-refractivity contribution in [1.29, 1.82) is 0 Å². The summed E-state index contributed by atoms with van der Waals surface area (Å²) < 4.78 is 31.4. The highest BCUT2D eigenvalue weighted by Gasteiger charge is 2.35. The van der Waals surface area contributed by atoms with Crippen LogP contribution in [0.3, 0.4) is 0 Å². The summed E-state index contributed by atoms with van der Waals surface area (Å²) in [6.45, 7) is 9.63. The van der Waals surface area contributed by atoms with E-state index < -0.39 is 10.2 Å². The van der Waals surface area contributed by atoms with E-state index in [-0.39, 0.29) is 24.9 Å². The monoisotopic (exact) mass is 640 g/mol. The number of rotatable bonds is 6. The first-order valence-corrected chi connectivity index (χ1v) is 17.4. The summed E-state index contributed by atoms with van der Waals surface area (Å²) in [7, 11) is -3.53. The van der Waals surface area contributed by atoms with Gasteiger partial charge in [-0.05, 0) is 69.2 Å². The first-order chi connectivity index (χ1) is 21.1. The summed E-state index contributed by atoms with van der Waals surface area (Å²) in [5.74, 6) is -0.196. The molecule has 3 saturated heterocycles. The lowest BCUT2D eigenvalue weighted by molar-refractivity contribution is 0.0595. The molecular formula is C32H41ClN6O4S. The third kappa shape index (κ3) is 6.12. The van der Waals surface area contributed by atoms with Gasteiger partial charge in [-0.15, -0.1) is 0 Å². The fourth-order valence-electron chi connectivity index (χ4n) is 6.57. The zero-order valence-electron chi connectivity index (χ0n) is 25.5. The van der Waals surface area contributed by atoms with Crippen molar-refractivity contribution in [1.82, 2.24) is 27.9 Å². The maximum absolute atomic E-state index is 14.1. The van der Waals surface area contributed by atoms with Gasteiger partial charge in [-0.1, -0.05) is 24.1 Å². The molecule has 2 amide bonds. The normalized spacial score (nSPS) is 19.6. The summed E-state index contributed by atoms with van der Waals surface area (Å²) in [5.41, 5.74) is 2.58. The first-order valence-electron chi connectivity index (χ1n) is 15.6. The van der Waals surface area contributed by atoms with Gasteiger partial charge >= 0.3 is 0 Å². The Balaban J connectivity index is 1.26. The second-order valence-corrected chi connectivity index (χ2v) is 14.6. The van der Waals surface area contributed by atoms with E-state index in [1.54, 1.807) is 15.3 Å². The molecule has 0 bridgehead atoms. The molecule has 10 nitrogen and oxygen atoms in total. The molecule has 44 heavy (non-hydrogen) atoms. The van der Waals surface area contributed by atoms with Gasteiger partial charge < -0.3 is 14.4 Å². The Bertz CT molecular complexity index is 1640. The molecule has 4 heterocycles. The molecule has 0 aliphatic carbocycles. The lowest BCUT2D eigenvalue weighted by Crippen LogP contribution is -2.55. The van der Waals surface area contributed by atoms with Crippen LogP contribution in [0, 0.1) is 0 Å². The second kappa shape index (κ2) is 12.8. The highest BCUT2D eigenvalue weighted by molar-refractivity contribution is 7.86. The average molecular weight is 641 g/mol. The van der Waals surface area contributed by atoms with Crippen LogP contribution in [0.5, 0.6) is 0 Å². The molecule has 3 aliphatic heterocycles. The second-order valence-electron chi connectivity index (χ2n) is 12.2. The van der Waals surface area contributed by atoms with Crippen molar-refractivity contribution >= 4 is 44.5 Å². The number of piperazine rings is 2. The number of hydrogen-bond donors (Lipinski definition) is 0. The van der Waals surface area contributed by atoms with Crippen molar-refractivity contribution in [3.05, 3.63) is 64.8 Å². The Labute approximate surface area is 264 Å². The van der Waals surface area contributed by atoms with E-state index >= 15 is 0 Å². The maximum Gasteiger partial charge on any atom is 0.282 e. The number of carbonyl (C=O) groups is 2. The number of amides is 2. The predicted molar refractivity (Wildman–Crippen MR) is 173 cm³/mol. The van der Waals surface area contributed by atoms with Gasteiger partial charge in [0.15, 0.2) is 0 Å². The summed E-state index contributed by atoms with van der Waals surface area (Å²) in [5, 5.41) is 1.33. The molecule has 0 spiro atoms. The zero-order chi connectivity index (χ0) is 31.0. The smallest absolute Gasteiger partial charge is 0.282 e. The first kappa shape index (κ1) is 31.0. The number of hydrogen-bond acceptors (Lipinski definition) is 5. The number of piperidine rings is 1. The van der Waals surface area contributed by atoms with Crippen LogP contribution in [0.25, 0.3) is 16.6 Å². The Morgan fingerprint density at radius 1 is 0.727 bits per heavy atom. The van der Waals surface area contributed by atoms with Crippen LogP contribution in [0.1, 0.15) is 54.0 Å². The predicted octanol–water partition coefficient (Wildman–Crippen LogP) is 3.94. The molecule has 236 valence electrons. The third-order valence-corrected chi connectivity index (χ3v) is 11.4. The molecule has 0 atom stereocenters. The molecule has 2 aromatic carbocycles. The summed E-state index contributed by atoms with van der Waals surface area (Å²) in [6.07, 6.45) is 2.82. The van der Waals surface area contributed by atoms with Gasteiger partial charge in [0.25, 0.3) is 22.0 Å². The van der Waals surface area contributed by atoms with Gasteiger partial charge in [0, 0.05) is 93.1 Å². The van der Waals surface area contributed by atoms with Gasteiger partial charge in [-0.2, -0.15) is 17.0 Å². The molecular weight excluding hydrogens is 600 g/mol. The maximum atomic E-state index is 14.1. The van der Waals surface area contributed by atoms with E-state index in [9.17, 15) is 18.0 Å². The molecule has 3 fully saturated rings. The number of nitrogens with zero attached hydrogens (tertiary/aromatic N) is 6. The number of halogens is 1. The largest absolute Gasteiger partial charge is 0.336 e. The van der Waals surface area contributed by atoms with Crippen LogP contribution >= 0.6 is 11.6 Å². The summed E-state index contributed by atoms with van der Waals surface area (Å²) in [4.78, 5) is 33.6. The molecule has 0 saturated carbocycles. The van der Waals surface area contributed by atoms with Crippen molar-refractivity contribution in [3.63, 3.8) is 0 Å². The van der Waals surface area contributed by atoms with Crippen molar-refractivity contribution in [2.45, 2.75) is 39.2 Å². The Kier molecular flexibility index (Phi) is 9.03. The van der Waals surface area contributed by atoms with Gasteiger partial charge in [0.1, 0.15) is 5.69 Å². The van der Waals surface area contributed by atoms with E-state index in [0.717, 1.165) is 48.9 Å². The molecule has 0 N–H and O–H groups in total. The van der Waals surface area contributed by atoms with Gasteiger partial charge in [0.2, 0.25) is 0 Å². The lowest BCUT2D eigenvalue weighted by atomic mass is 10.1. The molecule has 3 aromatic rings. The van der Waals surface area contributed by atoms with Gasteiger partial charge in [-0.25, -0.2) is 0 Å². The fraction of sp³-hybridized carbons (Fsp3) is 0.500. The molecule has 0 unspecified atom stereocenters. The van der Waals surface area contributed by atoms with Crippen LogP contribution in [0.15, 0.2) is 48.5 Å². The van der Waals surface area contributed by atoms with Crippen LogP contribution in [0.4, 0.5) is 0 Å². The fourth-order valence-corrected chi connectivity index (χ4v) is 8.42. The Morgan fingerprint density at radius 2 is 1.36 bits per heavy atom. The minimum atomic E-state index is -3.53.